The molecule has 0 spiro atoms. The Morgan fingerprint density at radius 3 is 2.00 bits per heavy atom. The first-order chi connectivity index (χ1) is 12.1. The molecule has 0 aliphatic heterocycles. The van der Waals surface area contributed by atoms with Crippen LogP contribution in [0.25, 0.3) is 0 Å². The van der Waals surface area contributed by atoms with Gasteiger partial charge in [0.2, 0.25) is 5.91 Å². The fourth-order valence-electron chi connectivity index (χ4n) is 3.43. The summed E-state index contributed by atoms with van der Waals surface area (Å²) < 4.78 is 0. The number of carbonyl (C=O) groups excluding carboxylic acids is 3. The molecular weight excluding hydrogens is 326 g/mol. The molecule has 0 atom stereocenters. The van der Waals surface area contributed by atoms with Gasteiger partial charge in [-0.25, -0.2) is 0 Å². The number of benzene rings is 1. The SMILES string of the molecule is CCc1ccc(NC(=O)CC(C)(C)C2=C(C)C(=O)C(C)=C(C)C2=O)cc1. The molecule has 1 amide bonds. The van der Waals surface area contributed by atoms with Gasteiger partial charge in [-0.1, -0.05) is 32.9 Å². The molecule has 1 aliphatic rings. The van der Waals surface area contributed by atoms with Gasteiger partial charge >= 0.3 is 0 Å². The first-order valence-electron chi connectivity index (χ1n) is 8.95. The van der Waals surface area contributed by atoms with E-state index in [1.165, 1.54) is 5.56 Å². The van der Waals surface area contributed by atoms with Crippen LogP contribution in [0.5, 0.6) is 0 Å². The van der Waals surface area contributed by atoms with E-state index in [0.717, 1.165) is 12.1 Å². The third-order valence-corrected chi connectivity index (χ3v) is 5.11. The number of hydrogen-bond donors (Lipinski definition) is 1. The van der Waals surface area contributed by atoms with E-state index < -0.39 is 5.41 Å². The molecular formula is C22H27NO3. The fourth-order valence-corrected chi connectivity index (χ4v) is 3.43. The molecule has 26 heavy (non-hydrogen) atoms. The lowest BCUT2D eigenvalue weighted by Crippen LogP contribution is -2.33. The number of hydrogen-bond acceptors (Lipinski definition) is 3. The summed E-state index contributed by atoms with van der Waals surface area (Å²) in [6, 6.07) is 7.71. The van der Waals surface area contributed by atoms with Crippen molar-refractivity contribution in [3.63, 3.8) is 0 Å². The second-order valence-corrected chi connectivity index (χ2v) is 7.57. The van der Waals surface area contributed by atoms with Crippen LogP contribution in [-0.2, 0) is 20.8 Å². The van der Waals surface area contributed by atoms with Gasteiger partial charge < -0.3 is 5.32 Å². The van der Waals surface area contributed by atoms with Gasteiger partial charge in [0.05, 0.1) is 0 Å². The molecule has 138 valence electrons. The van der Waals surface area contributed by atoms with Gasteiger partial charge in [-0.2, -0.15) is 0 Å². The molecule has 1 aliphatic carbocycles. The summed E-state index contributed by atoms with van der Waals surface area (Å²) in [6.07, 6.45) is 1.07. The van der Waals surface area contributed by atoms with Gasteiger partial charge in [0.25, 0.3) is 0 Å². The van der Waals surface area contributed by atoms with Crippen LogP contribution in [0.15, 0.2) is 46.6 Å². The quantitative estimate of drug-likeness (QED) is 0.798. The standard InChI is InChI=1S/C22H27NO3/c1-7-16-8-10-17(11-9-16)23-18(24)12-22(5,6)19-15(4)20(25)13(2)14(3)21(19)26/h8-11H,7,12H2,1-6H3,(H,23,24). The zero-order valence-electron chi connectivity index (χ0n) is 16.4. The molecule has 0 unspecified atom stereocenters. The van der Waals surface area contributed by atoms with E-state index in [-0.39, 0.29) is 23.9 Å². The van der Waals surface area contributed by atoms with Crippen LogP contribution < -0.4 is 5.32 Å². The highest BCUT2D eigenvalue weighted by Gasteiger charge is 2.38. The Kier molecular flexibility index (Phi) is 5.65. The Bertz CT molecular complexity index is 823. The van der Waals surface area contributed by atoms with Gasteiger partial charge in [0, 0.05) is 39.8 Å². The van der Waals surface area contributed by atoms with Crippen molar-refractivity contribution in [3.05, 3.63) is 52.1 Å². The lowest BCUT2D eigenvalue weighted by atomic mass is 9.71. The molecule has 4 heteroatoms. The number of rotatable bonds is 5. The largest absolute Gasteiger partial charge is 0.326 e. The molecule has 0 heterocycles. The van der Waals surface area contributed by atoms with Gasteiger partial charge in [-0.3, -0.25) is 14.4 Å². The van der Waals surface area contributed by atoms with Gasteiger partial charge in [-0.05, 0) is 44.9 Å². The highest BCUT2D eigenvalue weighted by Crippen LogP contribution is 2.38. The molecule has 2 rings (SSSR count). The van der Waals surface area contributed by atoms with Crippen molar-refractivity contribution in [2.24, 2.45) is 5.41 Å². The lowest BCUT2D eigenvalue weighted by Gasteiger charge is -2.31. The maximum atomic E-state index is 12.7. The second-order valence-electron chi connectivity index (χ2n) is 7.57. The van der Waals surface area contributed by atoms with Crippen molar-refractivity contribution in [2.45, 2.75) is 54.4 Å². The number of ketones is 2. The second kappa shape index (κ2) is 7.40. The number of carbonyl (C=O) groups is 3. The summed E-state index contributed by atoms with van der Waals surface area (Å²) in [7, 11) is 0. The highest BCUT2D eigenvalue weighted by molar-refractivity contribution is 6.25. The first-order valence-corrected chi connectivity index (χ1v) is 8.95. The van der Waals surface area contributed by atoms with Crippen LogP contribution in [0.1, 0.15) is 53.5 Å². The minimum Gasteiger partial charge on any atom is -0.326 e. The third-order valence-electron chi connectivity index (χ3n) is 5.11. The van der Waals surface area contributed by atoms with Crippen LogP contribution in [0.4, 0.5) is 5.69 Å². The number of amides is 1. The van der Waals surface area contributed by atoms with Gasteiger partial charge in [0.1, 0.15) is 0 Å². The number of Topliss-reactive ketones (excluding diaryl/α,β-unsaturated/α-hetero) is 2. The number of aryl methyl sites for hydroxylation is 1. The molecule has 0 saturated carbocycles. The van der Waals surface area contributed by atoms with Crippen molar-refractivity contribution < 1.29 is 14.4 Å². The van der Waals surface area contributed by atoms with Crippen LogP contribution in [0.3, 0.4) is 0 Å². The molecule has 0 fully saturated rings. The van der Waals surface area contributed by atoms with Crippen molar-refractivity contribution >= 4 is 23.2 Å². The zero-order chi connectivity index (χ0) is 19.6. The Balaban J connectivity index is 2.20. The van der Waals surface area contributed by atoms with E-state index in [4.69, 9.17) is 0 Å². The van der Waals surface area contributed by atoms with E-state index in [9.17, 15) is 14.4 Å². The van der Waals surface area contributed by atoms with E-state index in [1.54, 1.807) is 20.8 Å². The molecule has 0 aromatic heterocycles. The molecule has 0 bridgehead atoms. The Hall–Kier alpha value is -2.49. The summed E-state index contributed by atoms with van der Waals surface area (Å²) in [4.78, 5) is 37.7. The molecule has 0 radical (unpaired) electrons. The van der Waals surface area contributed by atoms with Crippen molar-refractivity contribution in [3.8, 4) is 0 Å². The zero-order valence-corrected chi connectivity index (χ0v) is 16.4. The summed E-state index contributed by atoms with van der Waals surface area (Å²) in [5.41, 5.74) is 3.06. The maximum Gasteiger partial charge on any atom is 0.225 e. The van der Waals surface area contributed by atoms with E-state index in [1.807, 2.05) is 38.1 Å². The van der Waals surface area contributed by atoms with Crippen LogP contribution in [0.2, 0.25) is 0 Å². The predicted octanol–water partition coefficient (Wildman–Crippen LogP) is 4.41. The third kappa shape index (κ3) is 3.85. The Labute approximate surface area is 155 Å². The topological polar surface area (TPSA) is 63.2 Å². The van der Waals surface area contributed by atoms with Crippen LogP contribution in [-0.4, -0.2) is 17.5 Å². The highest BCUT2D eigenvalue weighted by atomic mass is 16.2. The smallest absolute Gasteiger partial charge is 0.225 e. The minimum absolute atomic E-state index is 0.110. The minimum atomic E-state index is -0.730. The molecule has 1 aromatic rings. The molecule has 1 aromatic carbocycles. The van der Waals surface area contributed by atoms with Crippen molar-refractivity contribution in [1.82, 2.24) is 0 Å². The van der Waals surface area contributed by atoms with Crippen molar-refractivity contribution in [2.75, 3.05) is 5.32 Å². The molecule has 1 N–H and O–H groups in total. The monoisotopic (exact) mass is 353 g/mol. The van der Waals surface area contributed by atoms with E-state index in [2.05, 4.69) is 12.2 Å². The number of allylic oxidation sites excluding steroid dienone is 4. The average Bonchev–Trinajstić information content (AvgIpc) is 2.58. The Morgan fingerprint density at radius 1 is 0.923 bits per heavy atom. The van der Waals surface area contributed by atoms with E-state index in [0.29, 0.717) is 22.3 Å². The summed E-state index contributed by atoms with van der Waals surface area (Å²) in [5, 5.41) is 2.88. The summed E-state index contributed by atoms with van der Waals surface area (Å²) >= 11 is 0. The lowest BCUT2D eigenvalue weighted by molar-refractivity contribution is -0.119. The number of nitrogens with one attached hydrogen (secondary N) is 1. The summed E-state index contributed by atoms with van der Waals surface area (Å²) in [5.74, 6) is -0.422. The van der Waals surface area contributed by atoms with Crippen molar-refractivity contribution in [1.29, 1.82) is 0 Å². The van der Waals surface area contributed by atoms with Gasteiger partial charge in [0.15, 0.2) is 11.6 Å². The maximum absolute atomic E-state index is 12.7. The van der Waals surface area contributed by atoms with Crippen LogP contribution >= 0.6 is 0 Å². The molecule has 4 nitrogen and oxygen atoms in total. The van der Waals surface area contributed by atoms with E-state index >= 15 is 0 Å². The first kappa shape index (κ1) is 19.8. The normalized spacial score (nSPS) is 15.6. The van der Waals surface area contributed by atoms with Crippen LogP contribution in [0, 0.1) is 5.41 Å². The predicted molar refractivity (Wildman–Crippen MR) is 104 cm³/mol. The number of anilines is 1. The van der Waals surface area contributed by atoms with Gasteiger partial charge in [-0.15, -0.1) is 0 Å². The molecule has 0 saturated heterocycles. The Morgan fingerprint density at radius 2 is 1.46 bits per heavy atom. The fraction of sp³-hybridized carbons (Fsp3) is 0.409. The average molecular weight is 353 g/mol. The summed E-state index contributed by atoms with van der Waals surface area (Å²) in [6.45, 7) is 10.8.